The molecule has 0 radical (unpaired) electrons. The number of para-hydroxylation sites is 1. The highest BCUT2D eigenvalue weighted by Crippen LogP contribution is 2.36. The van der Waals surface area contributed by atoms with E-state index in [1.54, 1.807) is 0 Å². The van der Waals surface area contributed by atoms with Gasteiger partial charge in [-0.15, -0.1) is 0 Å². The van der Waals surface area contributed by atoms with E-state index in [1.807, 2.05) is 48.5 Å². The molecule has 4 rings (SSSR count). The maximum Gasteiger partial charge on any atom is 0.236 e. The first kappa shape index (κ1) is 15.5. The van der Waals surface area contributed by atoms with Gasteiger partial charge in [-0.05, 0) is 24.3 Å². The number of carbonyl (C=O) groups is 1. The quantitative estimate of drug-likeness (QED) is 0.556. The second kappa shape index (κ2) is 6.14. The van der Waals surface area contributed by atoms with E-state index in [0.717, 1.165) is 16.0 Å². The van der Waals surface area contributed by atoms with E-state index in [2.05, 4.69) is 10.3 Å². The summed E-state index contributed by atoms with van der Waals surface area (Å²) in [4.78, 5) is 26.6. The molecule has 0 bridgehead atoms. The van der Waals surface area contributed by atoms with Crippen molar-refractivity contribution in [3.8, 4) is 11.5 Å². The fraction of sp³-hybridized carbons (Fsp3) is 0.176. The third-order valence-corrected chi connectivity index (χ3v) is 4.87. The van der Waals surface area contributed by atoms with E-state index in [-0.39, 0.29) is 5.91 Å². The Morgan fingerprint density at radius 3 is 2.76 bits per heavy atom. The number of nitro groups is 1. The summed E-state index contributed by atoms with van der Waals surface area (Å²) in [6, 6.07) is 14.1. The fourth-order valence-electron chi connectivity index (χ4n) is 2.54. The lowest BCUT2D eigenvalue weighted by Crippen LogP contribution is -2.18. The highest BCUT2D eigenvalue weighted by molar-refractivity contribution is 7.22. The van der Waals surface area contributed by atoms with Crippen LogP contribution in [0.2, 0.25) is 0 Å². The zero-order valence-corrected chi connectivity index (χ0v) is 13.7. The van der Waals surface area contributed by atoms with Crippen LogP contribution in [-0.4, -0.2) is 21.9 Å². The van der Waals surface area contributed by atoms with Crippen LogP contribution in [-0.2, 0) is 4.79 Å². The van der Waals surface area contributed by atoms with E-state index >= 15 is 0 Å². The summed E-state index contributed by atoms with van der Waals surface area (Å²) in [5, 5.41) is 13.8. The largest absolute Gasteiger partial charge is 0.457 e. The van der Waals surface area contributed by atoms with Gasteiger partial charge in [-0.1, -0.05) is 29.5 Å². The first-order chi connectivity index (χ1) is 12.1. The summed E-state index contributed by atoms with van der Waals surface area (Å²) >= 11 is 1.31. The molecular formula is C17H13N3O4S. The lowest BCUT2D eigenvalue weighted by atomic mass is 10.3. The highest BCUT2D eigenvalue weighted by Gasteiger charge is 2.53. The minimum Gasteiger partial charge on any atom is -0.457 e. The number of nitrogens with one attached hydrogen (secondary N) is 1. The first-order valence-corrected chi connectivity index (χ1v) is 8.49. The average Bonchev–Trinajstić information content (AvgIpc) is 3.31. The van der Waals surface area contributed by atoms with Crippen molar-refractivity contribution in [2.75, 3.05) is 5.32 Å². The minimum atomic E-state index is -0.764. The number of amides is 1. The molecule has 1 heterocycles. The summed E-state index contributed by atoms with van der Waals surface area (Å²) < 4.78 is 6.65. The van der Waals surface area contributed by atoms with Crippen LogP contribution in [0.5, 0.6) is 11.5 Å². The Balaban J connectivity index is 1.49. The molecule has 2 atom stereocenters. The second-order valence-corrected chi connectivity index (χ2v) is 6.78. The highest BCUT2D eigenvalue weighted by atomic mass is 32.1. The third kappa shape index (κ3) is 3.29. The second-order valence-electron chi connectivity index (χ2n) is 5.75. The van der Waals surface area contributed by atoms with Gasteiger partial charge >= 0.3 is 0 Å². The molecule has 8 heteroatoms. The number of aromatic nitrogens is 1. The number of anilines is 1. The van der Waals surface area contributed by atoms with E-state index < -0.39 is 16.9 Å². The summed E-state index contributed by atoms with van der Waals surface area (Å²) in [5.74, 6) is 0.510. The van der Waals surface area contributed by atoms with Crippen LogP contribution in [0.15, 0.2) is 48.5 Å². The molecule has 1 aromatic heterocycles. The number of rotatable bonds is 5. The smallest absolute Gasteiger partial charge is 0.236 e. The van der Waals surface area contributed by atoms with Crippen molar-refractivity contribution < 1.29 is 14.5 Å². The van der Waals surface area contributed by atoms with Crippen molar-refractivity contribution in [3.05, 3.63) is 58.6 Å². The number of benzene rings is 2. The first-order valence-electron chi connectivity index (χ1n) is 7.68. The molecule has 1 saturated carbocycles. The minimum absolute atomic E-state index is 0.290. The number of hydrogen-bond acceptors (Lipinski definition) is 6. The van der Waals surface area contributed by atoms with Gasteiger partial charge in [0.15, 0.2) is 5.13 Å². The van der Waals surface area contributed by atoms with Gasteiger partial charge < -0.3 is 10.1 Å². The molecule has 25 heavy (non-hydrogen) atoms. The van der Waals surface area contributed by atoms with Gasteiger partial charge in [-0.3, -0.25) is 14.9 Å². The van der Waals surface area contributed by atoms with E-state index in [4.69, 9.17) is 4.74 Å². The third-order valence-electron chi connectivity index (χ3n) is 3.93. The van der Waals surface area contributed by atoms with E-state index in [9.17, 15) is 14.9 Å². The zero-order valence-electron chi connectivity index (χ0n) is 12.9. The molecule has 0 saturated heterocycles. The normalized spacial score (nSPS) is 18.7. The van der Waals surface area contributed by atoms with Crippen molar-refractivity contribution in [1.29, 1.82) is 0 Å². The molecule has 126 valence electrons. The SMILES string of the molecule is O=C(Nc1nc2ccc(Oc3ccccc3)cc2s1)[C@H]1C[C@@H]1[N+](=O)[O-]. The molecule has 1 aliphatic rings. The molecule has 1 N–H and O–H groups in total. The van der Waals surface area contributed by atoms with E-state index in [1.165, 1.54) is 11.3 Å². The molecule has 1 fully saturated rings. The molecule has 7 nitrogen and oxygen atoms in total. The van der Waals surface area contributed by atoms with Crippen LogP contribution < -0.4 is 10.1 Å². The maximum absolute atomic E-state index is 12.0. The Kier molecular flexibility index (Phi) is 3.81. The number of ether oxygens (including phenoxy) is 1. The topological polar surface area (TPSA) is 94.4 Å². The Morgan fingerprint density at radius 2 is 2.04 bits per heavy atom. The van der Waals surface area contributed by atoms with Crippen LogP contribution >= 0.6 is 11.3 Å². The van der Waals surface area contributed by atoms with Crippen LogP contribution in [0.25, 0.3) is 10.2 Å². The molecule has 3 aromatic rings. The van der Waals surface area contributed by atoms with Crippen molar-refractivity contribution >= 4 is 32.6 Å². The average molecular weight is 355 g/mol. The predicted octanol–water partition coefficient (Wildman–Crippen LogP) is 3.69. The van der Waals surface area contributed by atoms with Crippen molar-refractivity contribution in [1.82, 2.24) is 4.98 Å². The predicted molar refractivity (Wildman–Crippen MR) is 93.7 cm³/mol. The fourth-order valence-corrected chi connectivity index (χ4v) is 3.44. The van der Waals surface area contributed by atoms with E-state index in [0.29, 0.717) is 17.3 Å². The van der Waals surface area contributed by atoms with Gasteiger partial charge in [0.05, 0.1) is 10.2 Å². The van der Waals surface area contributed by atoms with Crippen molar-refractivity contribution in [3.63, 3.8) is 0 Å². The van der Waals surface area contributed by atoms with Gasteiger partial charge in [0.2, 0.25) is 11.9 Å². The molecule has 0 aliphatic heterocycles. The van der Waals surface area contributed by atoms with Gasteiger partial charge in [0, 0.05) is 17.4 Å². The number of hydrogen-bond donors (Lipinski definition) is 1. The zero-order chi connectivity index (χ0) is 17.4. The Bertz CT molecular complexity index is 957. The summed E-state index contributed by atoms with van der Waals surface area (Å²) in [7, 11) is 0. The Labute approximate surface area is 146 Å². The molecular weight excluding hydrogens is 342 g/mol. The summed E-state index contributed by atoms with van der Waals surface area (Å²) in [6.07, 6.45) is 0.290. The summed E-state index contributed by atoms with van der Waals surface area (Å²) in [6.45, 7) is 0. The number of fused-ring (bicyclic) bond motifs is 1. The van der Waals surface area contributed by atoms with Crippen molar-refractivity contribution in [2.24, 2.45) is 5.92 Å². The van der Waals surface area contributed by atoms with Crippen LogP contribution in [0.4, 0.5) is 5.13 Å². The molecule has 0 unspecified atom stereocenters. The van der Waals surface area contributed by atoms with Crippen molar-refractivity contribution in [2.45, 2.75) is 12.5 Å². The van der Waals surface area contributed by atoms with Gasteiger partial charge in [-0.2, -0.15) is 0 Å². The lowest BCUT2D eigenvalue weighted by Gasteiger charge is -2.04. The van der Waals surface area contributed by atoms with Gasteiger partial charge in [0.25, 0.3) is 0 Å². The number of carbonyl (C=O) groups excluding carboxylic acids is 1. The molecule has 1 amide bonds. The molecule has 2 aromatic carbocycles. The number of thiazole rings is 1. The van der Waals surface area contributed by atoms with Gasteiger partial charge in [0.1, 0.15) is 17.4 Å². The maximum atomic E-state index is 12.0. The number of nitrogens with zero attached hydrogens (tertiary/aromatic N) is 2. The monoisotopic (exact) mass is 355 g/mol. The van der Waals surface area contributed by atoms with Crippen LogP contribution in [0.3, 0.4) is 0 Å². The Morgan fingerprint density at radius 1 is 1.24 bits per heavy atom. The van der Waals surface area contributed by atoms with Crippen LogP contribution in [0, 0.1) is 16.0 Å². The molecule has 1 aliphatic carbocycles. The molecule has 0 spiro atoms. The lowest BCUT2D eigenvalue weighted by molar-refractivity contribution is -0.497. The van der Waals surface area contributed by atoms with Gasteiger partial charge in [-0.25, -0.2) is 4.98 Å². The van der Waals surface area contributed by atoms with Crippen LogP contribution in [0.1, 0.15) is 6.42 Å². The Hall–Kier alpha value is -3.00. The standard InChI is InChI=1S/C17H13N3O4S/c21-16(12-9-14(12)20(22)23)19-17-18-13-7-6-11(8-15(13)25-17)24-10-4-2-1-3-5-10/h1-8,12,14H,9H2,(H,18,19,21)/t12-,14-/m0/s1. The summed E-state index contributed by atoms with van der Waals surface area (Å²) in [5.41, 5.74) is 0.738.